The van der Waals surface area contributed by atoms with E-state index in [1.165, 1.54) is 24.3 Å². The first kappa shape index (κ1) is 38.8. The average molecular weight is 830 g/mol. The zero-order valence-corrected chi connectivity index (χ0v) is 33.3. The minimum absolute atomic E-state index is 0.0788. The van der Waals surface area contributed by atoms with Crippen LogP contribution in [0.1, 0.15) is 22.3 Å². The fraction of sp³-hybridized carbons (Fsp3) is 0.0185. The van der Waals surface area contributed by atoms with E-state index < -0.39 is 11.7 Å². The van der Waals surface area contributed by atoms with Crippen LogP contribution in [0.4, 0.5) is 24.5 Å². The number of para-hydroxylation sites is 2. The Labute approximate surface area is 363 Å². The first-order chi connectivity index (χ1) is 31.1. The molecule has 0 aliphatic rings. The summed E-state index contributed by atoms with van der Waals surface area (Å²) in [5.74, 6) is 0. The number of rotatable bonds is 5. The van der Waals surface area contributed by atoms with E-state index in [1.54, 1.807) is 42.5 Å². The summed E-state index contributed by atoms with van der Waals surface area (Å²) in [4.78, 5) is 7.16. The van der Waals surface area contributed by atoms with Crippen molar-refractivity contribution >= 4 is 55.0 Å². The molecule has 0 bridgehead atoms. The van der Waals surface area contributed by atoms with Crippen LogP contribution in [0.25, 0.3) is 98.1 Å². The third-order valence-electron chi connectivity index (χ3n) is 11.6. The van der Waals surface area contributed by atoms with Crippen molar-refractivity contribution in [2.24, 2.45) is 0 Å². The van der Waals surface area contributed by atoms with E-state index in [2.05, 4.69) is 27.9 Å². The van der Waals surface area contributed by atoms with Gasteiger partial charge in [0, 0.05) is 32.7 Å². The molecule has 0 fully saturated rings. The number of halogens is 3. The predicted octanol–water partition coefficient (Wildman–Crippen LogP) is 14.6. The van der Waals surface area contributed by atoms with Gasteiger partial charge in [-0.15, -0.1) is 0 Å². The third kappa shape index (κ3) is 6.26. The molecular formula is C54H26F3N7. The van der Waals surface area contributed by atoms with E-state index in [4.69, 9.17) is 13.1 Å². The van der Waals surface area contributed by atoms with Crippen LogP contribution in [0.2, 0.25) is 0 Å². The number of aromatic nitrogens is 2. The smallest absolute Gasteiger partial charge is 0.308 e. The molecule has 10 rings (SSSR count). The van der Waals surface area contributed by atoms with Gasteiger partial charge >= 0.3 is 6.18 Å². The summed E-state index contributed by atoms with van der Waals surface area (Å²) in [5, 5.41) is 34.4. The average Bonchev–Trinajstić information content (AvgIpc) is 3.84. The summed E-state index contributed by atoms with van der Waals surface area (Å²) in [6.07, 6.45) is -4.71. The number of nitrogens with zero attached hydrogens (tertiary/aromatic N) is 7. The Morgan fingerprint density at radius 1 is 0.438 bits per heavy atom. The first-order valence-corrected chi connectivity index (χ1v) is 19.8. The summed E-state index contributed by atoms with van der Waals surface area (Å²) in [7, 11) is 0. The summed E-state index contributed by atoms with van der Waals surface area (Å²) in [6, 6.07) is 52.0. The Kier molecular flexibility index (Phi) is 9.06. The molecule has 0 saturated heterocycles. The van der Waals surface area contributed by atoms with Crippen LogP contribution >= 0.6 is 0 Å². The molecule has 2 heterocycles. The zero-order chi connectivity index (χ0) is 44.3. The maximum Gasteiger partial charge on any atom is 0.417 e. The van der Waals surface area contributed by atoms with E-state index in [-0.39, 0.29) is 16.7 Å². The van der Waals surface area contributed by atoms with Gasteiger partial charge in [-0.1, -0.05) is 78.9 Å². The van der Waals surface area contributed by atoms with Gasteiger partial charge in [-0.05, 0) is 112 Å². The van der Waals surface area contributed by atoms with Crippen molar-refractivity contribution in [2.45, 2.75) is 6.18 Å². The highest BCUT2D eigenvalue weighted by molar-refractivity contribution is 6.12. The van der Waals surface area contributed by atoms with E-state index in [1.807, 2.05) is 94.1 Å². The monoisotopic (exact) mass is 829 g/mol. The van der Waals surface area contributed by atoms with Crippen LogP contribution in [0.15, 0.2) is 158 Å². The molecule has 0 aliphatic carbocycles. The molecule has 0 atom stereocenters. The van der Waals surface area contributed by atoms with Gasteiger partial charge in [0.05, 0.1) is 64.3 Å². The second-order valence-corrected chi connectivity index (χ2v) is 15.2. The van der Waals surface area contributed by atoms with Gasteiger partial charge in [0.15, 0.2) is 11.4 Å². The van der Waals surface area contributed by atoms with Crippen molar-refractivity contribution in [1.29, 1.82) is 15.8 Å². The lowest BCUT2D eigenvalue weighted by molar-refractivity contribution is -0.137. The van der Waals surface area contributed by atoms with Gasteiger partial charge in [0.2, 0.25) is 0 Å². The number of benzene rings is 8. The molecule has 0 spiro atoms. The number of fused-ring (bicyclic) bond motifs is 6. The van der Waals surface area contributed by atoms with Crippen molar-refractivity contribution in [2.75, 3.05) is 0 Å². The third-order valence-corrected chi connectivity index (χ3v) is 11.6. The topological polar surface area (TPSA) is 89.9 Å². The van der Waals surface area contributed by atoms with Crippen molar-refractivity contribution in [3.63, 3.8) is 0 Å². The Bertz CT molecular complexity index is 3570. The van der Waals surface area contributed by atoms with E-state index >= 15 is 0 Å². The molecule has 10 heteroatoms. The lowest BCUT2D eigenvalue weighted by Crippen LogP contribution is -2.09. The van der Waals surface area contributed by atoms with Gasteiger partial charge in [-0.2, -0.15) is 29.0 Å². The lowest BCUT2D eigenvalue weighted by Gasteiger charge is -2.20. The second-order valence-electron chi connectivity index (χ2n) is 15.2. The van der Waals surface area contributed by atoms with E-state index in [0.29, 0.717) is 78.2 Å². The van der Waals surface area contributed by atoms with Crippen molar-refractivity contribution in [1.82, 2.24) is 9.13 Å². The van der Waals surface area contributed by atoms with Crippen LogP contribution < -0.4 is 0 Å². The molecule has 10 aromatic rings. The molecule has 0 aliphatic heterocycles. The van der Waals surface area contributed by atoms with Crippen LogP contribution in [0, 0.1) is 47.1 Å². The van der Waals surface area contributed by atoms with Gasteiger partial charge in [-0.25, -0.2) is 9.69 Å². The maximum atomic E-state index is 14.9. The highest BCUT2D eigenvalue weighted by atomic mass is 19.4. The highest BCUT2D eigenvalue weighted by Gasteiger charge is 2.34. The van der Waals surface area contributed by atoms with E-state index in [9.17, 15) is 29.0 Å². The standard InChI is InChI=1S/C54H26F3N7/c1-61-39-21-32(29-58)19-36(23-39)34-15-17-44-42-10-4-7-13-48(42)63(50(44)25-34)52-27-38(41-9-3-6-12-47(41)54(55,56)57)28-53(46(52)31-60)64-49-14-8-5-11-43(49)45-18-16-35(26-51(45)64)37-20-33(30-59)22-40(24-37)62-2/h3-28H. The molecule has 2 aromatic heterocycles. The Morgan fingerprint density at radius 2 is 0.891 bits per heavy atom. The highest BCUT2D eigenvalue weighted by Crippen LogP contribution is 2.44. The molecule has 298 valence electrons. The second kappa shape index (κ2) is 14.9. The number of hydrogen-bond donors (Lipinski definition) is 0. The van der Waals surface area contributed by atoms with Crippen LogP contribution in [0.5, 0.6) is 0 Å². The van der Waals surface area contributed by atoms with Crippen molar-refractivity contribution in [3.05, 3.63) is 203 Å². The number of alkyl halides is 3. The SMILES string of the molecule is [C-]#[N+]c1cc(C#N)cc(-c2ccc3c4ccccc4n(-c4cc(-c5ccccc5C(F)(F)F)cc(-n5c6ccccc6c6ccc(-c7cc(C#N)cc([N+]#[C-])c7)cc65)c4C#N)c3c2)c1. The molecule has 0 N–H and O–H groups in total. The van der Waals surface area contributed by atoms with Crippen LogP contribution in [-0.4, -0.2) is 9.13 Å². The zero-order valence-electron chi connectivity index (χ0n) is 33.3. The van der Waals surface area contributed by atoms with Gasteiger partial charge in [0.1, 0.15) is 11.6 Å². The predicted molar refractivity (Wildman–Crippen MR) is 243 cm³/mol. The molecule has 8 aromatic carbocycles. The minimum atomic E-state index is -4.71. The molecule has 0 saturated carbocycles. The quantitative estimate of drug-likeness (QED) is 0.162. The molecule has 0 radical (unpaired) electrons. The van der Waals surface area contributed by atoms with Gasteiger partial charge < -0.3 is 9.13 Å². The Hall–Kier alpha value is -9.40. The van der Waals surface area contributed by atoms with Crippen LogP contribution in [0.3, 0.4) is 0 Å². The Morgan fingerprint density at radius 3 is 1.34 bits per heavy atom. The molecule has 64 heavy (non-hydrogen) atoms. The van der Waals surface area contributed by atoms with Gasteiger partial charge in [0.25, 0.3) is 0 Å². The summed E-state index contributed by atoms with van der Waals surface area (Å²) in [5.41, 5.74) is 6.66. The normalized spacial score (nSPS) is 11.3. The fourth-order valence-electron chi connectivity index (χ4n) is 8.85. The molecule has 0 amide bonds. The number of hydrogen-bond acceptors (Lipinski definition) is 3. The minimum Gasteiger partial charge on any atom is -0.308 e. The van der Waals surface area contributed by atoms with Crippen molar-refractivity contribution in [3.8, 4) is 63.0 Å². The first-order valence-electron chi connectivity index (χ1n) is 19.8. The Balaban J connectivity index is 1.35. The van der Waals surface area contributed by atoms with Crippen molar-refractivity contribution < 1.29 is 13.2 Å². The molecule has 0 unspecified atom stereocenters. The molecule has 7 nitrogen and oxygen atoms in total. The maximum absolute atomic E-state index is 14.9. The van der Waals surface area contributed by atoms with Gasteiger partial charge in [-0.3, -0.25) is 0 Å². The summed E-state index contributed by atoms with van der Waals surface area (Å²) < 4.78 is 48.6. The summed E-state index contributed by atoms with van der Waals surface area (Å²) >= 11 is 0. The van der Waals surface area contributed by atoms with E-state index in [0.717, 1.165) is 27.6 Å². The van der Waals surface area contributed by atoms with Crippen LogP contribution in [-0.2, 0) is 6.18 Å². The largest absolute Gasteiger partial charge is 0.417 e. The lowest BCUT2D eigenvalue weighted by atomic mass is 9.95. The number of nitriles is 3. The summed E-state index contributed by atoms with van der Waals surface area (Å²) in [6.45, 7) is 15.3. The molecular weight excluding hydrogens is 804 g/mol. The fourth-order valence-corrected chi connectivity index (χ4v) is 8.85.